The molecule has 0 aliphatic heterocycles. The molecule has 0 saturated heterocycles. The van der Waals surface area contributed by atoms with Gasteiger partial charge in [-0.15, -0.1) is 0 Å². The summed E-state index contributed by atoms with van der Waals surface area (Å²) in [5, 5.41) is 0. The van der Waals surface area contributed by atoms with Gasteiger partial charge in [0.25, 0.3) is 0 Å². The first-order valence-corrected chi connectivity index (χ1v) is 7.23. The van der Waals surface area contributed by atoms with Crippen molar-refractivity contribution in [1.29, 1.82) is 0 Å². The van der Waals surface area contributed by atoms with E-state index in [2.05, 4.69) is 4.74 Å². The minimum atomic E-state index is -0.423. The van der Waals surface area contributed by atoms with Crippen LogP contribution in [0.4, 0.5) is 0 Å². The molecule has 0 heterocycles. The number of hydrogen-bond acceptors (Lipinski definition) is 5. The van der Waals surface area contributed by atoms with Crippen molar-refractivity contribution in [2.45, 2.75) is 12.8 Å². The number of rotatable bonds is 5. The second-order valence-corrected chi connectivity index (χ2v) is 7.13. The van der Waals surface area contributed by atoms with Crippen molar-refractivity contribution in [2.75, 3.05) is 14.2 Å². The van der Waals surface area contributed by atoms with Crippen LogP contribution >= 0.6 is 0 Å². The maximum absolute atomic E-state index is 12.4. The molecule has 106 valence electrons. The van der Waals surface area contributed by atoms with Crippen LogP contribution in [-0.4, -0.2) is 31.9 Å². The molecule has 6 fully saturated rings. The largest absolute Gasteiger partial charge is 0.469 e. The maximum Gasteiger partial charge on any atom is 0.313 e. The molecule has 5 nitrogen and oxygen atoms in total. The lowest BCUT2D eigenvalue weighted by Crippen LogP contribution is -3.10. The summed E-state index contributed by atoms with van der Waals surface area (Å²) < 4.78 is 9.41. The minimum Gasteiger partial charge on any atom is -0.469 e. The molecule has 0 unspecified atom stereocenters. The average molecular weight is 276 g/mol. The van der Waals surface area contributed by atoms with Gasteiger partial charge in [0.1, 0.15) is 6.42 Å². The SMILES string of the molecule is COC(=O)CC(=O)C12C3C4C1C1C2C3C41CC(=O)OC. The number of carbonyl (C=O) groups is 3. The van der Waals surface area contributed by atoms with E-state index in [-0.39, 0.29) is 29.0 Å². The molecule has 0 atom stereocenters. The molecular weight excluding hydrogens is 260 g/mol. The molecule has 0 aromatic heterocycles. The molecule has 0 aromatic rings. The third-order valence-electron chi connectivity index (χ3n) is 7.53. The molecule has 6 aliphatic carbocycles. The van der Waals surface area contributed by atoms with Gasteiger partial charge in [0.2, 0.25) is 0 Å². The van der Waals surface area contributed by atoms with Crippen LogP contribution in [0.1, 0.15) is 12.8 Å². The van der Waals surface area contributed by atoms with Crippen molar-refractivity contribution in [3.63, 3.8) is 0 Å². The molecule has 20 heavy (non-hydrogen) atoms. The highest BCUT2D eigenvalue weighted by Gasteiger charge is 3.10. The van der Waals surface area contributed by atoms with E-state index < -0.39 is 5.97 Å². The van der Waals surface area contributed by atoms with Crippen LogP contribution in [0.3, 0.4) is 0 Å². The van der Waals surface area contributed by atoms with Gasteiger partial charge in [-0.2, -0.15) is 0 Å². The predicted molar refractivity (Wildman–Crippen MR) is 64.1 cm³/mol. The fourth-order valence-electron chi connectivity index (χ4n) is 7.34. The van der Waals surface area contributed by atoms with Crippen molar-refractivity contribution in [2.24, 2.45) is 46.3 Å². The Bertz CT molecular complexity index is 538. The Kier molecular flexibility index (Phi) is 1.58. The van der Waals surface area contributed by atoms with Crippen molar-refractivity contribution < 1.29 is 23.9 Å². The first kappa shape index (κ1) is 11.3. The lowest BCUT2D eigenvalue weighted by Gasteiger charge is -3.11. The quantitative estimate of drug-likeness (QED) is 0.537. The Hall–Kier alpha value is -1.39. The highest BCUT2D eigenvalue weighted by molar-refractivity contribution is 6.03. The van der Waals surface area contributed by atoms with Crippen molar-refractivity contribution in [3.8, 4) is 0 Å². The van der Waals surface area contributed by atoms with E-state index in [4.69, 9.17) is 4.74 Å². The summed E-state index contributed by atoms with van der Waals surface area (Å²) in [6, 6.07) is 0. The average Bonchev–Trinajstić information content (AvgIpc) is 2.47. The number of carbonyl (C=O) groups excluding carboxylic acids is 3. The molecular formula is C15H16O5. The Morgan fingerprint density at radius 3 is 1.80 bits per heavy atom. The monoisotopic (exact) mass is 276 g/mol. The summed E-state index contributed by atoms with van der Waals surface area (Å²) in [5.41, 5.74) is 0.0203. The van der Waals surface area contributed by atoms with Gasteiger partial charge in [-0.25, -0.2) is 0 Å². The lowest BCUT2D eigenvalue weighted by atomic mass is 8.91. The van der Waals surface area contributed by atoms with Crippen LogP contribution in [0.5, 0.6) is 0 Å². The maximum atomic E-state index is 12.4. The molecule has 0 radical (unpaired) electrons. The van der Waals surface area contributed by atoms with Crippen LogP contribution in [0, 0.1) is 46.3 Å². The number of ketones is 1. The summed E-state index contributed by atoms with van der Waals surface area (Å²) in [7, 11) is 2.76. The lowest BCUT2D eigenvalue weighted by molar-refractivity contribution is -0.640. The van der Waals surface area contributed by atoms with Crippen LogP contribution < -0.4 is 0 Å². The number of methoxy groups -OCH3 is 2. The summed E-state index contributed by atoms with van der Waals surface area (Å²) in [6.07, 6.45) is 0.463. The Morgan fingerprint density at radius 2 is 1.35 bits per heavy atom. The molecule has 0 bridgehead atoms. The molecule has 0 spiro atoms. The number of hydrogen-bond donors (Lipinski definition) is 0. The van der Waals surface area contributed by atoms with Gasteiger partial charge in [-0.05, 0) is 40.9 Å². The second-order valence-electron chi connectivity index (χ2n) is 7.13. The summed E-state index contributed by atoms with van der Waals surface area (Å²) >= 11 is 0. The highest BCUT2D eigenvalue weighted by Crippen LogP contribution is 3.11. The van der Waals surface area contributed by atoms with E-state index in [0.717, 1.165) is 0 Å². The summed E-state index contributed by atoms with van der Waals surface area (Å²) in [4.78, 5) is 35.2. The van der Waals surface area contributed by atoms with E-state index >= 15 is 0 Å². The third kappa shape index (κ3) is 0.672. The molecule has 0 aromatic carbocycles. The zero-order valence-corrected chi connectivity index (χ0v) is 11.4. The van der Waals surface area contributed by atoms with Gasteiger partial charge in [0.05, 0.1) is 20.6 Å². The van der Waals surface area contributed by atoms with Crippen molar-refractivity contribution >= 4 is 17.7 Å². The number of esters is 2. The number of Topliss-reactive ketones (excluding diaryl/α,β-unsaturated/α-hetero) is 1. The highest BCUT2D eigenvalue weighted by atomic mass is 16.5. The van der Waals surface area contributed by atoms with Gasteiger partial charge in [0.15, 0.2) is 5.78 Å². The third-order valence-corrected chi connectivity index (χ3v) is 7.53. The minimum absolute atomic E-state index is 0.0733. The molecule has 6 saturated carbocycles. The zero-order valence-electron chi connectivity index (χ0n) is 11.4. The first-order valence-electron chi connectivity index (χ1n) is 7.23. The Labute approximate surface area is 116 Å². The van der Waals surface area contributed by atoms with Gasteiger partial charge < -0.3 is 9.47 Å². The Balaban J connectivity index is 1.34. The van der Waals surface area contributed by atoms with Crippen molar-refractivity contribution in [3.05, 3.63) is 0 Å². The van der Waals surface area contributed by atoms with E-state index in [0.29, 0.717) is 41.9 Å². The zero-order chi connectivity index (χ0) is 14.0. The fraction of sp³-hybridized carbons (Fsp3) is 0.800. The van der Waals surface area contributed by atoms with Crippen LogP contribution in [0.25, 0.3) is 0 Å². The molecule has 6 aliphatic rings. The van der Waals surface area contributed by atoms with E-state index in [1.54, 1.807) is 0 Å². The van der Waals surface area contributed by atoms with Crippen molar-refractivity contribution in [1.82, 2.24) is 0 Å². The molecule has 6 rings (SSSR count). The fourth-order valence-corrected chi connectivity index (χ4v) is 7.34. The van der Waals surface area contributed by atoms with Crippen LogP contribution in [-0.2, 0) is 23.9 Å². The second kappa shape index (κ2) is 2.81. The first-order chi connectivity index (χ1) is 9.56. The number of ether oxygens (including phenoxy) is 2. The van der Waals surface area contributed by atoms with Crippen LogP contribution in [0.15, 0.2) is 0 Å². The van der Waals surface area contributed by atoms with E-state index in [1.807, 2.05) is 0 Å². The van der Waals surface area contributed by atoms with E-state index in [9.17, 15) is 14.4 Å². The van der Waals surface area contributed by atoms with E-state index in [1.165, 1.54) is 14.2 Å². The van der Waals surface area contributed by atoms with Crippen LogP contribution in [0.2, 0.25) is 0 Å². The predicted octanol–water partition coefficient (Wildman–Crippen LogP) is 0.420. The normalized spacial score (nSPS) is 56.9. The molecule has 0 N–H and O–H groups in total. The van der Waals surface area contributed by atoms with Gasteiger partial charge in [-0.3, -0.25) is 14.4 Å². The topological polar surface area (TPSA) is 69.7 Å². The summed E-state index contributed by atoms with van der Waals surface area (Å²) in [6.45, 7) is 0. The van der Waals surface area contributed by atoms with Gasteiger partial charge in [0, 0.05) is 5.41 Å². The molecule has 0 amide bonds. The standard InChI is InChI=1S/C15H16O5/c1-19-6(17)3-5(16)15-11-8-12(15)10-13(15)9(11)14(8,10)4-7(18)20-2/h8-13H,3-4H2,1-2H3. The molecule has 5 heteroatoms. The smallest absolute Gasteiger partial charge is 0.313 e. The van der Waals surface area contributed by atoms with Gasteiger partial charge in [-0.1, -0.05) is 0 Å². The Morgan fingerprint density at radius 1 is 0.850 bits per heavy atom. The van der Waals surface area contributed by atoms with Gasteiger partial charge >= 0.3 is 11.9 Å². The summed E-state index contributed by atoms with van der Waals surface area (Å²) in [5.74, 6) is 2.62.